The highest BCUT2D eigenvalue weighted by molar-refractivity contribution is 5.72. The first-order chi connectivity index (χ1) is 13.5. The zero-order valence-corrected chi connectivity index (χ0v) is 14.8. The van der Waals surface area contributed by atoms with Crippen LogP contribution in [0, 0.1) is 17.5 Å². The summed E-state index contributed by atoms with van der Waals surface area (Å²) in [5, 5.41) is 9.15. The average Bonchev–Trinajstić information content (AvgIpc) is 2.71. The van der Waals surface area contributed by atoms with Crippen molar-refractivity contribution in [3.8, 4) is 22.6 Å². The van der Waals surface area contributed by atoms with Crippen LogP contribution in [0.2, 0.25) is 0 Å². The predicted octanol–water partition coefficient (Wildman–Crippen LogP) is 6.21. The first-order valence-electron chi connectivity index (χ1n) is 8.48. The molecule has 0 spiro atoms. The molecule has 3 aromatic rings. The Morgan fingerprint density at radius 2 is 1.57 bits per heavy atom. The van der Waals surface area contributed by atoms with Gasteiger partial charge < -0.3 is 9.84 Å². The summed E-state index contributed by atoms with van der Waals surface area (Å²) in [7, 11) is 0. The zero-order valence-electron chi connectivity index (χ0n) is 14.8. The second-order valence-corrected chi connectivity index (χ2v) is 6.00. The SMILES string of the molecule is C=CCOc1ccc(-c2ccc(/C=C/c3ccc(O)c(F)c3F)cc2)cc1F. The van der Waals surface area contributed by atoms with E-state index in [-0.39, 0.29) is 17.9 Å². The number of halogens is 3. The Balaban J connectivity index is 1.78. The lowest BCUT2D eigenvalue weighted by Crippen LogP contribution is -1.95. The molecule has 0 unspecified atom stereocenters. The van der Waals surface area contributed by atoms with Gasteiger partial charge in [0.2, 0.25) is 5.82 Å². The van der Waals surface area contributed by atoms with Crippen molar-refractivity contribution in [1.29, 1.82) is 0 Å². The maximum atomic E-state index is 14.1. The Hall–Kier alpha value is -3.47. The van der Waals surface area contributed by atoms with Crippen molar-refractivity contribution in [3.63, 3.8) is 0 Å². The van der Waals surface area contributed by atoms with Crippen LogP contribution in [0.1, 0.15) is 11.1 Å². The van der Waals surface area contributed by atoms with Crippen LogP contribution in [0.25, 0.3) is 23.3 Å². The summed E-state index contributed by atoms with van der Waals surface area (Å²) < 4.78 is 46.5. The molecule has 0 aliphatic rings. The number of phenolic OH excluding ortho intramolecular Hbond substituents is 1. The summed E-state index contributed by atoms with van der Waals surface area (Å²) in [6.45, 7) is 3.75. The molecule has 0 saturated carbocycles. The summed E-state index contributed by atoms with van der Waals surface area (Å²) >= 11 is 0. The molecule has 0 aromatic heterocycles. The van der Waals surface area contributed by atoms with Gasteiger partial charge in [-0.3, -0.25) is 0 Å². The van der Waals surface area contributed by atoms with Gasteiger partial charge >= 0.3 is 0 Å². The summed E-state index contributed by atoms with van der Waals surface area (Å²) in [6, 6.07) is 14.2. The van der Waals surface area contributed by atoms with Crippen molar-refractivity contribution in [2.75, 3.05) is 6.61 Å². The third-order valence-electron chi connectivity index (χ3n) is 4.08. The third-order valence-corrected chi connectivity index (χ3v) is 4.08. The van der Waals surface area contributed by atoms with Gasteiger partial charge in [0.25, 0.3) is 0 Å². The molecule has 0 aliphatic heterocycles. The molecule has 0 atom stereocenters. The molecule has 5 heteroatoms. The normalized spacial score (nSPS) is 11.0. The molecule has 0 bridgehead atoms. The fraction of sp³-hybridized carbons (Fsp3) is 0.0435. The van der Waals surface area contributed by atoms with E-state index in [4.69, 9.17) is 9.84 Å². The van der Waals surface area contributed by atoms with Gasteiger partial charge in [-0.1, -0.05) is 55.1 Å². The Morgan fingerprint density at radius 1 is 0.857 bits per heavy atom. The maximum Gasteiger partial charge on any atom is 0.200 e. The number of benzene rings is 3. The van der Waals surface area contributed by atoms with Crippen molar-refractivity contribution in [2.24, 2.45) is 0 Å². The fourth-order valence-electron chi connectivity index (χ4n) is 2.60. The molecule has 0 saturated heterocycles. The summed E-state index contributed by atoms with van der Waals surface area (Å²) in [5.41, 5.74) is 2.26. The Morgan fingerprint density at radius 3 is 2.25 bits per heavy atom. The predicted molar refractivity (Wildman–Crippen MR) is 104 cm³/mol. The molecule has 3 rings (SSSR count). The number of hydrogen-bond donors (Lipinski definition) is 1. The highest BCUT2D eigenvalue weighted by Gasteiger charge is 2.10. The first-order valence-corrected chi connectivity index (χ1v) is 8.48. The van der Waals surface area contributed by atoms with Crippen LogP contribution in [0.15, 0.2) is 67.3 Å². The van der Waals surface area contributed by atoms with Gasteiger partial charge in [0, 0.05) is 5.56 Å². The van der Waals surface area contributed by atoms with Gasteiger partial charge in [-0.25, -0.2) is 8.78 Å². The number of rotatable bonds is 6. The number of aromatic hydroxyl groups is 1. The monoisotopic (exact) mass is 382 g/mol. The van der Waals surface area contributed by atoms with Crippen LogP contribution in [0.5, 0.6) is 11.5 Å². The van der Waals surface area contributed by atoms with Crippen LogP contribution in [-0.2, 0) is 0 Å². The molecule has 2 nitrogen and oxygen atoms in total. The van der Waals surface area contributed by atoms with Crippen molar-refractivity contribution in [1.82, 2.24) is 0 Å². The van der Waals surface area contributed by atoms with E-state index in [1.54, 1.807) is 42.5 Å². The first kappa shape index (κ1) is 19.3. The van der Waals surface area contributed by atoms with E-state index in [1.165, 1.54) is 24.3 Å². The molecule has 3 aromatic carbocycles. The van der Waals surface area contributed by atoms with Gasteiger partial charge in [-0.15, -0.1) is 0 Å². The van der Waals surface area contributed by atoms with E-state index < -0.39 is 23.2 Å². The number of phenols is 1. The van der Waals surface area contributed by atoms with Crippen molar-refractivity contribution in [2.45, 2.75) is 0 Å². The van der Waals surface area contributed by atoms with Crippen molar-refractivity contribution >= 4 is 12.2 Å². The third kappa shape index (κ3) is 4.26. The van der Waals surface area contributed by atoms with Crippen LogP contribution in [-0.4, -0.2) is 11.7 Å². The maximum absolute atomic E-state index is 14.1. The van der Waals surface area contributed by atoms with Crippen LogP contribution in [0.3, 0.4) is 0 Å². The van der Waals surface area contributed by atoms with Crippen LogP contribution >= 0.6 is 0 Å². The topological polar surface area (TPSA) is 29.5 Å². The molecular weight excluding hydrogens is 365 g/mol. The second-order valence-electron chi connectivity index (χ2n) is 6.00. The number of ether oxygens (including phenoxy) is 1. The summed E-state index contributed by atoms with van der Waals surface area (Å²) in [6.07, 6.45) is 4.57. The summed E-state index contributed by atoms with van der Waals surface area (Å²) in [5.74, 6) is -3.42. The lowest BCUT2D eigenvalue weighted by atomic mass is 10.0. The van der Waals surface area contributed by atoms with Gasteiger partial charge in [0.15, 0.2) is 23.1 Å². The lowest BCUT2D eigenvalue weighted by molar-refractivity contribution is 0.342. The largest absolute Gasteiger partial charge is 0.505 e. The van der Waals surface area contributed by atoms with E-state index >= 15 is 0 Å². The molecule has 0 fully saturated rings. The van der Waals surface area contributed by atoms with E-state index in [0.717, 1.165) is 17.2 Å². The average molecular weight is 382 g/mol. The van der Waals surface area contributed by atoms with E-state index in [1.807, 2.05) is 0 Å². The molecule has 0 amide bonds. The minimum atomic E-state index is -1.28. The van der Waals surface area contributed by atoms with Gasteiger partial charge in [0.1, 0.15) is 6.61 Å². The van der Waals surface area contributed by atoms with E-state index in [9.17, 15) is 13.2 Å². The van der Waals surface area contributed by atoms with Crippen molar-refractivity contribution < 1.29 is 23.0 Å². The molecule has 1 N–H and O–H groups in total. The van der Waals surface area contributed by atoms with Gasteiger partial charge in [-0.2, -0.15) is 4.39 Å². The van der Waals surface area contributed by atoms with E-state index in [2.05, 4.69) is 6.58 Å². The van der Waals surface area contributed by atoms with E-state index in [0.29, 0.717) is 5.56 Å². The Kier molecular flexibility index (Phi) is 5.84. The smallest absolute Gasteiger partial charge is 0.200 e. The molecule has 0 heterocycles. The van der Waals surface area contributed by atoms with Crippen LogP contribution in [0.4, 0.5) is 13.2 Å². The molecule has 0 radical (unpaired) electrons. The second kappa shape index (κ2) is 8.48. The molecule has 142 valence electrons. The molecule has 0 aliphatic carbocycles. The minimum Gasteiger partial charge on any atom is -0.505 e. The molecule has 28 heavy (non-hydrogen) atoms. The Bertz CT molecular complexity index is 1020. The highest BCUT2D eigenvalue weighted by atomic mass is 19.2. The van der Waals surface area contributed by atoms with Gasteiger partial charge in [0.05, 0.1) is 0 Å². The molecular formula is C23H17F3O2. The van der Waals surface area contributed by atoms with Crippen LogP contribution < -0.4 is 4.74 Å². The number of hydrogen-bond acceptors (Lipinski definition) is 2. The lowest BCUT2D eigenvalue weighted by Gasteiger charge is -2.07. The highest BCUT2D eigenvalue weighted by Crippen LogP contribution is 2.27. The van der Waals surface area contributed by atoms with Crippen molar-refractivity contribution in [3.05, 3.63) is 95.8 Å². The standard InChI is InChI=1S/C23H17F3O2/c1-2-13-28-21-12-10-18(14-19(21)24)16-6-3-15(4-7-16)5-8-17-9-11-20(27)23(26)22(17)25/h2-12,14,27H,1,13H2/b8-5+. The Labute approximate surface area is 160 Å². The van der Waals surface area contributed by atoms with Gasteiger partial charge in [-0.05, 0) is 41.0 Å². The quantitative estimate of drug-likeness (QED) is 0.406. The summed E-state index contributed by atoms with van der Waals surface area (Å²) in [4.78, 5) is 0. The zero-order chi connectivity index (χ0) is 20.1. The minimum absolute atomic E-state index is 0.0246. The fourth-order valence-corrected chi connectivity index (χ4v) is 2.60.